The summed E-state index contributed by atoms with van der Waals surface area (Å²) in [4.78, 5) is 0. The van der Waals surface area contributed by atoms with Crippen LogP contribution in [-0.2, 0) is 4.74 Å². The largest absolute Gasteiger partial charge is 0.376 e. The summed E-state index contributed by atoms with van der Waals surface area (Å²) >= 11 is 12.5. The fourth-order valence-electron chi connectivity index (χ4n) is 3.28. The number of ether oxygens (including phenoxy) is 1. The Hall–Kier alpha value is -0.320. The Morgan fingerprint density at radius 2 is 2.00 bits per heavy atom. The molecule has 2 rings (SSSR count). The molecule has 118 valence electrons. The highest BCUT2D eigenvalue weighted by molar-refractivity contribution is 6.42. The number of halogens is 2. The van der Waals surface area contributed by atoms with Crippen LogP contribution in [0.15, 0.2) is 18.2 Å². The molecule has 21 heavy (non-hydrogen) atoms. The van der Waals surface area contributed by atoms with Crippen molar-refractivity contribution in [2.45, 2.75) is 51.2 Å². The molecule has 0 radical (unpaired) electrons. The molecule has 0 saturated heterocycles. The van der Waals surface area contributed by atoms with Gasteiger partial charge >= 0.3 is 0 Å². The summed E-state index contributed by atoms with van der Waals surface area (Å²) in [7, 11) is 0. The Morgan fingerprint density at radius 1 is 1.29 bits per heavy atom. The standard InChI is InChI=1S/C16H24Cl2N2O/c1-2-21-16(11-7-4-3-5-8-11)15(20-19)12-9-6-10-13(17)14(12)18/h6,9-11,15-16,20H,2-5,7-8,19H2,1H3. The highest BCUT2D eigenvalue weighted by Gasteiger charge is 2.33. The molecule has 0 aliphatic heterocycles. The average Bonchev–Trinajstić information content (AvgIpc) is 2.52. The number of hydrogen-bond acceptors (Lipinski definition) is 3. The zero-order valence-corrected chi connectivity index (χ0v) is 14.0. The van der Waals surface area contributed by atoms with Crippen molar-refractivity contribution in [3.8, 4) is 0 Å². The topological polar surface area (TPSA) is 47.3 Å². The van der Waals surface area contributed by atoms with Crippen molar-refractivity contribution in [3.63, 3.8) is 0 Å². The van der Waals surface area contributed by atoms with Crippen LogP contribution in [0.5, 0.6) is 0 Å². The van der Waals surface area contributed by atoms with Gasteiger partial charge in [0.25, 0.3) is 0 Å². The van der Waals surface area contributed by atoms with Crippen molar-refractivity contribution in [1.29, 1.82) is 0 Å². The van der Waals surface area contributed by atoms with Crippen LogP contribution < -0.4 is 11.3 Å². The molecule has 2 unspecified atom stereocenters. The van der Waals surface area contributed by atoms with Crippen LogP contribution in [0.25, 0.3) is 0 Å². The first kappa shape index (κ1) is 17.0. The quantitative estimate of drug-likeness (QED) is 0.597. The van der Waals surface area contributed by atoms with E-state index >= 15 is 0 Å². The number of hydrazine groups is 1. The van der Waals surface area contributed by atoms with Crippen LogP contribution in [0, 0.1) is 5.92 Å². The summed E-state index contributed by atoms with van der Waals surface area (Å²) < 4.78 is 6.04. The van der Waals surface area contributed by atoms with E-state index in [0.29, 0.717) is 22.6 Å². The lowest BCUT2D eigenvalue weighted by molar-refractivity contribution is -0.0183. The molecule has 0 aromatic heterocycles. The molecule has 0 amide bonds. The SMILES string of the molecule is CCOC(C1CCCCC1)C(NN)c1cccc(Cl)c1Cl. The third-order valence-electron chi connectivity index (χ3n) is 4.30. The minimum absolute atomic E-state index is 0.0243. The number of benzene rings is 1. The highest BCUT2D eigenvalue weighted by atomic mass is 35.5. The smallest absolute Gasteiger partial charge is 0.0811 e. The molecule has 0 bridgehead atoms. The lowest BCUT2D eigenvalue weighted by atomic mass is 9.81. The van der Waals surface area contributed by atoms with Crippen LogP contribution in [-0.4, -0.2) is 12.7 Å². The summed E-state index contributed by atoms with van der Waals surface area (Å²) in [5.74, 6) is 6.34. The molecule has 1 aliphatic carbocycles. The Kier molecular flexibility index (Phi) is 6.77. The van der Waals surface area contributed by atoms with Crippen LogP contribution >= 0.6 is 23.2 Å². The second kappa shape index (κ2) is 8.35. The third kappa shape index (κ3) is 4.11. The van der Waals surface area contributed by atoms with E-state index in [1.807, 2.05) is 19.1 Å². The molecular formula is C16H24Cl2N2O. The molecule has 1 aliphatic rings. The minimum atomic E-state index is -0.140. The van der Waals surface area contributed by atoms with E-state index in [9.17, 15) is 0 Å². The normalized spacial score (nSPS) is 19.4. The van der Waals surface area contributed by atoms with E-state index in [1.165, 1.54) is 32.1 Å². The summed E-state index contributed by atoms with van der Waals surface area (Å²) in [6, 6.07) is 5.52. The number of hydrogen-bond donors (Lipinski definition) is 2. The van der Waals surface area contributed by atoms with Gasteiger partial charge in [-0.3, -0.25) is 11.3 Å². The van der Waals surface area contributed by atoms with Gasteiger partial charge in [0, 0.05) is 6.61 Å². The monoisotopic (exact) mass is 330 g/mol. The summed E-state index contributed by atoms with van der Waals surface area (Å²) in [5.41, 5.74) is 3.81. The van der Waals surface area contributed by atoms with Gasteiger partial charge in [0.15, 0.2) is 0 Å². The Balaban J connectivity index is 2.28. The average molecular weight is 331 g/mol. The van der Waals surface area contributed by atoms with Gasteiger partial charge in [0.05, 0.1) is 22.2 Å². The molecule has 1 aromatic carbocycles. The first-order valence-corrected chi connectivity index (χ1v) is 8.46. The zero-order chi connectivity index (χ0) is 15.2. The molecule has 0 spiro atoms. The van der Waals surface area contributed by atoms with Crippen LogP contribution in [0.2, 0.25) is 10.0 Å². The number of nitrogens with two attached hydrogens (primary N) is 1. The second-order valence-electron chi connectivity index (χ2n) is 5.61. The summed E-state index contributed by atoms with van der Waals surface area (Å²) in [6.07, 6.45) is 6.22. The molecule has 5 heteroatoms. The van der Waals surface area contributed by atoms with Crippen LogP contribution in [0.1, 0.15) is 50.6 Å². The molecule has 0 heterocycles. The van der Waals surface area contributed by atoms with Gasteiger partial charge in [-0.2, -0.15) is 0 Å². The lowest BCUT2D eigenvalue weighted by Crippen LogP contribution is -2.42. The summed E-state index contributed by atoms with van der Waals surface area (Å²) in [5, 5.41) is 1.11. The number of rotatable bonds is 6. The van der Waals surface area contributed by atoms with Crippen molar-refractivity contribution in [2.24, 2.45) is 11.8 Å². The Bertz CT molecular complexity index is 450. The maximum Gasteiger partial charge on any atom is 0.0811 e. The van der Waals surface area contributed by atoms with E-state index in [1.54, 1.807) is 6.07 Å². The summed E-state index contributed by atoms with van der Waals surface area (Å²) in [6.45, 7) is 2.68. The third-order valence-corrected chi connectivity index (χ3v) is 5.13. The van der Waals surface area contributed by atoms with Gasteiger partial charge in [-0.05, 0) is 37.3 Å². The van der Waals surface area contributed by atoms with Crippen molar-refractivity contribution in [3.05, 3.63) is 33.8 Å². The molecule has 3 N–H and O–H groups in total. The van der Waals surface area contributed by atoms with E-state index in [4.69, 9.17) is 33.8 Å². The van der Waals surface area contributed by atoms with Crippen molar-refractivity contribution in [1.82, 2.24) is 5.43 Å². The fraction of sp³-hybridized carbons (Fsp3) is 0.625. The van der Waals surface area contributed by atoms with Gasteiger partial charge in [-0.1, -0.05) is 54.6 Å². The lowest BCUT2D eigenvalue weighted by Gasteiger charge is -2.36. The van der Waals surface area contributed by atoms with Gasteiger partial charge < -0.3 is 4.74 Å². The zero-order valence-electron chi connectivity index (χ0n) is 12.4. The second-order valence-corrected chi connectivity index (χ2v) is 6.39. The predicted molar refractivity (Wildman–Crippen MR) is 88.5 cm³/mol. The minimum Gasteiger partial charge on any atom is -0.376 e. The van der Waals surface area contributed by atoms with E-state index in [0.717, 1.165) is 5.56 Å². The van der Waals surface area contributed by atoms with E-state index in [-0.39, 0.29) is 12.1 Å². The first-order valence-electron chi connectivity index (χ1n) is 7.70. The molecular weight excluding hydrogens is 307 g/mol. The fourth-order valence-corrected chi connectivity index (χ4v) is 3.71. The van der Waals surface area contributed by atoms with Gasteiger partial charge in [-0.25, -0.2) is 0 Å². The molecule has 1 saturated carbocycles. The molecule has 3 nitrogen and oxygen atoms in total. The van der Waals surface area contributed by atoms with E-state index in [2.05, 4.69) is 5.43 Å². The predicted octanol–water partition coefficient (Wildman–Crippen LogP) is 4.48. The highest BCUT2D eigenvalue weighted by Crippen LogP contribution is 2.37. The van der Waals surface area contributed by atoms with Crippen molar-refractivity contribution in [2.75, 3.05) is 6.61 Å². The Labute approximate surface area is 137 Å². The Morgan fingerprint density at radius 3 is 2.62 bits per heavy atom. The van der Waals surface area contributed by atoms with Gasteiger partial charge in [-0.15, -0.1) is 0 Å². The maximum atomic E-state index is 6.37. The van der Waals surface area contributed by atoms with Gasteiger partial charge in [0.1, 0.15) is 0 Å². The molecule has 1 fully saturated rings. The molecule has 1 aromatic rings. The van der Waals surface area contributed by atoms with Crippen molar-refractivity contribution >= 4 is 23.2 Å². The van der Waals surface area contributed by atoms with E-state index < -0.39 is 0 Å². The first-order chi connectivity index (χ1) is 10.2. The molecule has 2 atom stereocenters. The van der Waals surface area contributed by atoms with Crippen LogP contribution in [0.4, 0.5) is 0 Å². The maximum absolute atomic E-state index is 6.37. The van der Waals surface area contributed by atoms with Crippen LogP contribution in [0.3, 0.4) is 0 Å². The number of nitrogens with one attached hydrogen (secondary N) is 1. The van der Waals surface area contributed by atoms with Crippen molar-refractivity contribution < 1.29 is 4.74 Å². The van der Waals surface area contributed by atoms with Gasteiger partial charge in [0.2, 0.25) is 0 Å².